The number of hydrogen-bond acceptors (Lipinski definition) is 5. The number of halogens is 1. The zero-order valence-corrected chi connectivity index (χ0v) is 12.7. The van der Waals surface area contributed by atoms with Gasteiger partial charge in [-0.05, 0) is 13.8 Å². The lowest BCUT2D eigenvalue weighted by Crippen LogP contribution is -2.54. The number of carbonyl (C=O) groups is 2. The molecule has 1 saturated heterocycles. The molecule has 1 rings (SSSR count). The minimum atomic E-state index is -0.509. The molecule has 0 aromatic carbocycles. The predicted molar refractivity (Wildman–Crippen MR) is 75.1 cm³/mol. The van der Waals surface area contributed by atoms with Crippen LogP contribution in [0, 0.1) is 5.41 Å². The maximum absolute atomic E-state index is 12.2. The molecule has 1 amide bonds. The van der Waals surface area contributed by atoms with Crippen molar-refractivity contribution in [2.24, 2.45) is 11.1 Å². The molecular weight excluding hydrogens is 270 g/mol. The Kier molecular flexibility index (Phi) is 7.33. The van der Waals surface area contributed by atoms with E-state index in [4.69, 9.17) is 5.73 Å². The normalized spacial score (nSPS) is 16.7. The zero-order valence-electron chi connectivity index (χ0n) is 11.8. The van der Waals surface area contributed by atoms with Gasteiger partial charge in [-0.2, -0.15) is 0 Å². The molecule has 0 radical (unpaired) electrons. The van der Waals surface area contributed by atoms with Gasteiger partial charge in [0.25, 0.3) is 0 Å². The van der Waals surface area contributed by atoms with E-state index in [0.29, 0.717) is 39.3 Å². The van der Waals surface area contributed by atoms with E-state index in [2.05, 4.69) is 4.74 Å². The number of nitrogens with two attached hydrogens (primary N) is 1. The first-order chi connectivity index (χ1) is 8.40. The second-order valence-electron chi connectivity index (χ2n) is 5.23. The van der Waals surface area contributed by atoms with Crippen molar-refractivity contribution in [3.8, 4) is 0 Å². The van der Waals surface area contributed by atoms with E-state index in [-0.39, 0.29) is 24.3 Å². The Labute approximate surface area is 120 Å². The summed E-state index contributed by atoms with van der Waals surface area (Å²) < 4.78 is 4.62. The lowest BCUT2D eigenvalue weighted by molar-refractivity contribution is -0.144. The van der Waals surface area contributed by atoms with Gasteiger partial charge in [-0.3, -0.25) is 14.5 Å². The van der Waals surface area contributed by atoms with Gasteiger partial charge in [-0.25, -0.2) is 0 Å². The van der Waals surface area contributed by atoms with Crippen LogP contribution in [0.25, 0.3) is 0 Å². The number of amides is 1. The molecule has 0 unspecified atom stereocenters. The third-order valence-corrected chi connectivity index (χ3v) is 3.33. The second kappa shape index (κ2) is 7.67. The number of hydrogen-bond donors (Lipinski definition) is 1. The SMILES string of the molecule is COC(=O)CN1CCN(C(=O)C(C)(C)CN)CC1.Cl. The summed E-state index contributed by atoms with van der Waals surface area (Å²) in [7, 11) is 1.38. The minimum Gasteiger partial charge on any atom is -0.468 e. The van der Waals surface area contributed by atoms with Crippen LogP contribution in [0.5, 0.6) is 0 Å². The van der Waals surface area contributed by atoms with Crippen molar-refractivity contribution >= 4 is 24.3 Å². The predicted octanol–water partition coefficient (Wildman–Crippen LogP) is -0.290. The third-order valence-electron chi connectivity index (χ3n) is 3.33. The van der Waals surface area contributed by atoms with Crippen LogP contribution in [0.4, 0.5) is 0 Å². The first kappa shape index (κ1) is 18.1. The Morgan fingerprint density at radius 2 is 1.74 bits per heavy atom. The van der Waals surface area contributed by atoms with Crippen molar-refractivity contribution in [2.75, 3.05) is 46.4 Å². The highest BCUT2D eigenvalue weighted by atomic mass is 35.5. The molecule has 1 heterocycles. The van der Waals surface area contributed by atoms with E-state index in [0.717, 1.165) is 0 Å². The Balaban J connectivity index is 0.00000324. The summed E-state index contributed by atoms with van der Waals surface area (Å²) in [5, 5.41) is 0. The summed E-state index contributed by atoms with van der Waals surface area (Å²) in [6.07, 6.45) is 0. The van der Waals surface area contributed by atoms with Gasteiger partial charge in [0.1, 0.15) is 0 Å². The molecule has 2 N–H and O–H groups in total. The summed E-state index contributed by atoms with van der Waals surface area (Å²) in [6, 6.07) is 0. The number of methoxy groups -OCH3 is 1. The Morgan fingerprint density at radius 3 is 2.16 bits per heavy atom. The molecule has 0 aliphatic carbocycles. The van der Waals surface area contributed by atoms with Gasteiger partial charge in [0.2, 0.25) is 5.91 Å². The molecule has 19 heavy (non-hydrogen) atoms. The Morgan fingerprint density at radius 1 is 1.21 bits per heavy atom. The van der Waals surface area contributed by atoms with Gasteiger partial charge in [-0.1, -0.05) is 0 Å². The maximum Gasteiger partial charge on any atom is 0.319 e. The second-order valence-corrected chi connectivity index (χ2v) is 5.23. The summed E-state index contributed by atoms with van der Waals surface area (Å²) in [5.74, 6) is -0.153. The molecule has 112 valence electrons. The van der Waals surface area contributed by atoms with Crippen molar-refractivity contribution in [1.82, 2.24) is 9.80 Å². The molecule has 0 saturated carbocycles. The lowest BCUT2D eigenvalue weighted by Gasteiger charge is -2.37. The van der Waals surface area contributed by atoms with Crippen LogP contribution >= 0.6 is 12.4 Å². The summed E-state index contributed by atoms with van der Waals surface area (Å²) >= 11 is 0. The molecule has 0 spiro atoms. The topological polar surface area (TPSA) is 75.9 Å². The van der Waals surface area contributed by atoms with Crippen LogP contribution in [0.2, 0.25) is 0 Å². The molecule has 0 bridgehead atoms. The highest BCUT2D eigenvalue weighted by molar-refractivity contribution is 5.85. The van der Waals surface area contributed by atoms with Crippen LogP contribution in [0.1, 0.15) is 13.8 Å². The fraction of sp³-hybridized carbons (Fsp3) is 0.833. The van der Waals surface area contributed by atoms with Crippen molar-refractivity contribution in [2.45, 2.75) is 13.8 Å². The quantitative estimate of drug-likeness (QED) is 0.721. The fourth-order valence-electron chi connectivity index (χ4n) is 1.87. The standard InChI is InChI=1S/C12H23N3O3.ClH/c1-12(2,9-13)11(17)15-6-4-14(5-7-15)8-10(16)18-3;/h4-9,13H2,1-3H3;1H. The highest BCUT2D eigenvalue weighted by Gasteiger charge is 2.32. The Hall–Kier alpha value is -0.850. The molecule has 6 nitrogen and oxygen atoms in total. The van der Waals surface area contributed by atoms with Crippen LogP contribution in [-0.2, 0) is 14.3 Å². The average molecular weight is 294 g/mol. The maximum atomic E-state index is 12.2. The van der Waals surface area contributed by atoms with E-state index < -0.39 is 5.41 Å². The van der Waals surface area contributed by atoms with Gasteiger partial charge >= 0.3 is 5.97 Å². The smallest absolute Gasteiger partial charge is 0.319 e. The molecule has 1 aliphatic rings. The molecule has 7 heteroatoms. The van der Waals surface area contributed by atoms with Crippen molar-refractivity contribution in [3.05, 3.63) is 0 Å². The van der Waals surface area contributed by atoms with Crippen molar-refractivity contribution < 1.29 is 14.3 Å². The van der Waals surface area contributed by atoms with Gasteiger partial charge in [0.15, 0.2) is 0 Å². The van der Waals surface area contributed by atoms with E-state index in [1.807, 2.05) is 23.6 Å². The molecule has 1 aliphatic heterocycles. The van der Waals surface area contributed by atoms with Crippen LogP contribution in [0.3, 0.4) is 0 Å². The molecule has 1 fully saturated rings. The monoisotopic (exact) mass is 293 g/mol. The molecule has 0 aromatic heterocycles. The van der Waals surface area contributed by atoms with Crippen molar-refractivity contribution in [3.63, 3.8) is 0 Å². The number of carbonyl (C=O) groups excluding carboxylic acids is 2. The summed E-state index contributed by atoms with van der Waals surface area (Å²) in [5.41, 5.74) is 5.10. The lowest BCUT2D eigenvalue weighted by atomic mass is 9.91. The molecule has 0 aromatic rings. The fourth-order valence-corrected chi connectivity index (χ4v) is 1.87. The number of nitrogens with zero attached hydrogens (tertiary/aromatic N) is 2. The van der Waals surface area contributed by atoms with Gasteiger partial charge in [-0.15, -0.1) is 12.4 Å². The first-order valence-electron chi connectivity index (χ1n) is 6.19. The van der Waals surface area contributed by atoms with E-state index in [1.54, 1.807) is 0 Å². The number of esters is 1. The molecule has 0 atom stereocenters. The van der Waals surface area contributed by atoms with Crippen LogP contribution < -0.4 is 5.73 Å². The highest BCUT2D eigenvalue weighted by Crippen LogP contribution is 2.18. The first-order valence-corrected chi connectivity index (χ1v) is 6.19. The molecular formula is C12H24ClN3O3. The van der Waals surface area contributed by atoms with Gasteiger partial charge in [0.05, 0.1) is 19.1 Å². The van der Waals surface area contributed by atoms with Crippen molar-refractivity contribution in [1.29, 1.82) is 0 Å². The van der Waals surface area contributed by atoms with E-state index in [9.17, 15) is 9.59 Å². The summed E-state index contributed by atoms with van der Waals surface area (Å²) in [6.45, 7) is 7.01. The Bertz CT molecular complexity index is 315. The van der Waals surface area contributed by atoms with Gasteiger partial charge in [0, 0.05) is 32.7 Å². The average Bonchev–Trinajstić information content (AvgIpc) is 2.38. The third kappa shape index (κ3) is 4.97. The van der Waals surface area contributed by atoms with Crippen LogP contribution in [-0.4, -0.2) is 68.1 Å². The number of piperazine rings is 1. The summed E-state index contributed by atoms with van der Waals surface area (Å²) in [4.78, 5) is 27.1. The van der Waals surface area contributed by atoms with E-state index >= 15 is 0 Å². The van der Waals surface area contributed by atoms with Crippen LogP contribution in [0.15, 0.2) is 0 Å². The minimum absolute atomic E-state index is 0. The zero-order chi connectivity index (χ0) is 13.8. The number of rotatable bonds is 4. The number of ether oxygens (including phenoxy) is 1. The van der Waals surface area contributed by atoms with E-state index in [1.165, 1.54) is 7.11 Å². The largest absolute Gasteiger partial charge is 0.468 e. The van der Waals surface area contributed by atoms with Gasteiger partial charge < -0.3 is 15.4 Å².